The van der Waals surface area contributed by atoms with Crippen molar-refractivity contribution in [3.8, 4) is 5.69 Å². The summed E-state index contributed by atoms with van der Waals surface area (Å²) in [4.78, 5) is 19.7. The van der Waals surface area contributed by atoms with Crippen molar-refractivity contribution in [2.24, 2.45) is 0 Å². The van der Waals surface area contributed by atoms with Crippen LogP contribution in [0, 0.1) is 19.7 Å². The molecule has 0 radical (unpaired) electrons. The summed E-state index contributed by atoms with van der Waals surface area (Å²) in [6.07, 6.45) is 2.88. The summed E-state index contributed by atoms with van der Waals surface area (Å²) >= 11 is 5.81. The van der Waals surface area contributed by atoms with Crippen LogP contribution in [0.15, 0.2) is 79.0 Å². The maximum absolute atomic E-state index is 14.1. The number of para-hydroxylation sites is 1. The van der Waals surface area contributed by atoms with Gasteiger partial charge in [-0.05, 0) is 86.1 Å². The molecule has 0 aliphatic carbocycles. The molecule has 0 unspecified atom stereocenters. The lowest BCUT2D eigenvalue weighted by atomic mass is 9.96. The van der Waals surface area contributed by atoms with Gasteiger partial charge >= 0.3 is 0 Å². The van der Waals surface area contributed by atoms with Crippen LogP contribution in [-0.4, -0.2) is 32.0 Å². The Kier molecular flexibility index (Phi) is 7.74. The summed E-state index contributed by atoms with van der Waals surface area (Å²) in [5, 5.41) is 7.10. The summed E-state index contributed by atoms with van der Waals surface area (Å²) in [7, 11) is 0. The normalized spacial score (nSPS) is 16.8. The fourth-order valence-electron chi connectivity index (χ4n) is 5.47. The molecular weight excluding hydrogens is 509 g/mol. The molecule has 1 aliphatic rings. The molecule has 4 aromatic rings. The molecule has 6 nitrogen and oxygen atoms in total. The van der Waals surface area contributed by atoms with E-state index in [0.717, 1.165) is 46.0 Å². The van der Waals surface area contributed by atoms with Crippen LogP contribution in [0.2, 0.25) is 0 Å². The molecule has 0 bridgehead atoms. The zero-order valence-corrected chi connectivity index (χ0v) is 23.1. The minimum absolute atomic E-state index is 0.0658. The molecule has 3 heterocycles. The van der Waals surface area contributed by atoms with Gasteiger partial charge in [0.15, 0.2) is 5.11 Å². The first-order valence-corrected chi connectivity index (χ1v) is 13.6. The van der Waals surface area contributed by atoms with E-state index >= 15 is 0 Å². The van der Waals surface area contributed by atoms with Crippen molar-refractivity contribution in [1.82, 2.24) is 19.8 Å². The third-order valence-electron chi connectivity index (χ3n) is 7.31. The van der Waals surface area contributed by atoms with Gasteiger partial charge in [-0.25, -0.2) is 4.39 Å². The number of thiocarbonyl (C=S) groups is 1. The number of hydrogen-bond donors (Lipinski definition) is 2. The fraction of sp³-hybridized carbons (Fsp3) is 0.258. The predicted molar refractivity (Wildman–Crippen MR) is 156 cm³/mol. The zero-order chi connectivity index (χ0) is 27.5. The average Bonchev–Trinajstić information content (AvgIpc) is 3.42. The van der Waals surface area contributed by atoms with Crippen molar-refractivity contribution in [2.75, 3.05) is 11.9 Å². The Morgan fingerprint density at radius 2 is 1.87 bits per heavy atom. The van der Waals surface area contributed by atoms with Gasteiger partial charge in [-0.3, -0.25) is 9.78 Å². The van der Waals surface area contributed by atoms with Gasteiger partial charge in [0, 0.05) is 41.9 Å². The molecule has 5 rings (SSSR count). The molecule has 8 heteroatoms. The quantitative estimate of drug-likeness (QED) is 0.261. The second kappa shape index (κ2) is 11.4. The number of amides is 1. The Bertz CT molecular complexity index is 1500. The van der Waals surface area contributed by atoms with Gasteiger partial charge in [0.25, 0.3) is 0 Å². The minimum atomic E-state index is -0.283. The van der Waals surface area contributed by atoms with E-state index in [4.69, 9.17) is 12.2 Å². The zero-order valence-electron chi connectivity index (χ0n) is 22.3. The average molecular weight is 542 g/mol. The number of nitrogens with zero attached hydrogens (tertiary/aromatic N) is 3. The summed E-state index contributed by atoms with van der Waals surface area (Å²) in [5.41, 5.74) is 6.59. The standard InChI is InChI=1S/C31H32FN5OS/c1-4-22-10-5-6-13-26(22)34-28(38)15-17-36-30(29(35-31(36)39)27-14-7-8-16-33-27)25-18-20(2)37(21(25)3)24-12-9-11-23(32)19-24/h5-14,16,18-19,29-30H,4,15,17H2,1-3H3,(H,34,38)(H,35,39)/t29-,30+/m0/s1. The molecule has 2 atom stereocenters. The highest BCUT2D eigenvalue weighted by atomic mass is 32.1. The first-order chi connectivity index (χ1) is 18.9. The van der Waals surface area contributed by atoms with E-state index in [1.54, 1.807) is 12.3 Å². The summed E-state index contributed by atoms with van der Waals surface area (Å²) < 4.78 is 16.2. The van der Waals surface area contributed by atoms with Crippen molar-refractivity contribution in [2.45, 2.75) is 45.7 Å². The van der Waals surface area contributed by atoms with Crippen molar-refractivity contribution >= 4 is 28.9 Å². The van der Waals surface area contributed by atoms with Crippen LogP contribution < -0.4 is 10.6 Å². The van der Waals surface area contributed by atoms with Crippen molar-refractivity contribution < 1.29 is 9.18 Å². The molecule has 0 spiro atoms. The molecule has 1 saturated heterocycles. The number of aromatic nitrogens is 2. The van der Waals surface area contributed by atoms with Crippen LogP contribution in [-0.2, 0) is 11.2 Å². The molecule has 1 aliphatic heterocycles. The molecule has 1 amide bonds. The van der Waals surface area contributed by atoms with Crippen LogP contribution in [0.25, 0.3) is 5.69 Å². The first kappa shape index (κ1) is 26.6. The summed E-state index contributed by atoms with van der Waals surface area (Å²) in [5.74, 6) is -0.349. The Morgan fingerprint density at radius 1 is 1.08 bits per heavy atom. The third kappa shape index (κ3) is 5.43. The van der Waals surface area contributed by atoms with Crippen LogP contribution in [0.5, 0.6) is 0 Å². The Morgan fingerprint density at radius 3 is 2.62 bits per heavy atom. The highest BCUT2D eigenvalue weighted by molar-refractivity contribution is 7.80. The Balaban J connectivity index is 1.47. The minimum Gasteiger partial charge on any atom is -0.352 e. The lowest BCUT2D eigenvalue weighted by molar-refractivity contribution is -0.116. The van der Waals surface area contributed by atoms with E-state index in [1.807, 2.05) is 62.4 Å². The van der Waals surface area contributed by atoms with E-state index in [-0.39, 0.29) is 30.2 Å². The molecule has 2 aromatic carbocycles. The van der Waals surface area contributed by atoms with Crippen LogP contribution in [0.4, 0.5) is 10.1 Å². The van der Waals surface area contributed by atoms with Gasteiger partial charge in [0.05, 0.1) is 17.8 Å². The number of halogens is 1. The van der Waals surface area contributed by atoms with E-state index in [1.165, 1.54) is 12.1 Å². The molecular formula is C31H32FN5OS. The van der Waals surface area contributed by atoms with Gasteiger partial charge in [-0.1, -0.05) is 37.3 Å². The number of carbonyl (C=O) groups is 1. The molecule has 0 saturated carbocycles. The number of aryl methyl sites for hydroxylation is 2. The van der Waals surface area contributed by atoms with Gasteiger partial charge in [0.2, 0.25) is 5.91 Å². The highest BCUT2D eigenvalue weighted by Gasteiger charge is 2.41. The van der Waals surface area contributed by atoms with Gasteiger partial charge < -0.3 is 20.1 Å². The van der Waals surface area contributed by atoms with Crippen molar-refractivity contribution in [3.05, 3.63) is 113 Å². The predicted octanol–water partition coefficient (Wildman–Crippen LogP) is 6.19. The van der Waals surface area contributed by atoms with Gasteiger partial charge in [-0.15, -0.1) is 0 Å². The molecule has 39 heavy (non-hydrogen) atoms. The fourth-order valence-corrected chi connectivity index (χ4v) is 5.80. The van der Waals surface area contributed by atoms with E-state index < -0.39 is 0 Å². The third-order valence-corrected chi connectivity index (χ3v) is 7.66. The van der Waals surface area contributed by atoms with E-state index in [9.17, 15) is 9.18 Å². The molecule has 2 N–H and O–H groups in total. The van der Waals surface area contributed by atoms with E-state index in [0.29, 0.717) is 11.7 Å². The maximum Gasteiger partial charge on any atom is 0.226 e. The lowest BCUT2D eigenvalue weighted by Gasteiger charge is -2.28. The lowest BCUT2D eigenvalue weighted by Crippen LogP contribution is -2.33. The molecule has 2 aromatic heterocycles. The smallest absolute Gasteiger partial charge is 0.226 e. The molecule has 200 valence electrons. The van der Waals surface area contributed by atoms with Crippen molar-refractivity contribution in [3.63, 3.8) is 0 Å². The number of hydrogen-bond acceptors (Lipinski definition) is 3. The number of pyridine rings is 1. The SMILES string of the molecule is CCc1ccccc1NC(=O)CCN1C(=S)N[C@@H](c2ccccn2)[C@H]1c1cc(C)n(-c2cccc(F)c2)c1C. The highest BCUT2D eigenvalue weighted by Crippen LogP contribution is 2.41. The molecule has 1 fully saturated rings. The van der Waals surface area contributed by atoms with Crippen LogP contribution in [0.3, 0.4) is 0 Å². The Labute approximate surface area is 233 Å². The number of carbonyl (C=O) groups excluding carboxylic acids is 1. The number of anilines is 1. The summed E-state index contributed by atoms with van der Waals surface area (Å²) in [6.45, 7) is 6.56. The number of nitrogens with one attached hydrogen (secondary N) is 2. The van der Waals surface area contributed by atoms with Gasteiger partial charge in [-0.2, -0.15) is 0 Å². The van der Waals surface area contributed by atoms with Crippen molar-refractivity contribution in [1.29, 1.82) is 0 Å². The van der Waals surface area contributed by atoms with Crippen LogP contribution >= 0.6 is 12.2 Å². The number of rotatable bonds is 8. The second-order valence-electron chi connectivity index (χ2n) is 9.77. The number of benzene rings is 2. The second-order valence-corrected chi connectivity index (χ2v) is 10.2. The Hall–Kier alpha value is -4.04. The summed E-state index contributed by atoms with van der Waals surface area (Å²) in [6, 6.07) is 22.0. The van der Waals surface area contributed by atoms with E-state index in [2.05, 4.69) is 38.1 Å². The van der Waals surface area contributed by atoms with Crippen LogP contribution in [0.1, 0.15) is 53.6 Å². The van der Waals surface area contributed by atoms with Gasteiger partial charge in [0.1, 0.15) is 5.82 Å². The topological polar surface area (TPSA) is 62.2 Å². The maximum atomic E-state index is 14.1. The monoisotopic (exact) mass is 541 g/mol. The largest absolute Gasteiger partial charge is 0.352 e. The first-order valence-electron chi connectivity index (χ1n) is 13.2.